The molecule has 1 aromatic rings. The molecule has 4 rings (SSSR count). The maximum absolute atomic E-state index is 13.5. The van der Waals surface area contributed by atoms with Gasteiger partial charge in [0.25, 0.3) is 0 Å². The van der Waals surface area contributed by atoms with E-state index in [-0.39, 0.29) is 47.9 Å². The van der Waals surface area contributed by atoms with E-state index < -0.39 is 0 Å². The van der Waals surface area contributed by atoms with E-state index in [2.05, 4.69) is 5.32 Å². The fourth-order valence-corrected chi connectivity index (χ4v) is 4.11. The van der Waals surface area contributed by atoms with E-state index in [1.54, 1.807) is 6.07 Å². The quantitative estimate of drug-likeness (QED) is 0.819. The molecule has 134 valence electrons. The van der Waals surface area contributed by atoms with Crippen LogP contribution in [0, 0.1) is 17.2 Å². The van der Waals surface area contributed by atoms with E-state index in [1.807, 2.05) is 16.8 Å². The zero-order chi connectivity index (χ0) is 15.3. The maximum atomic E-state index is 13.5. The van der Waals surface area contributed by atoms with Crippen LogP contribution < -0.4 is 15.1 Å². The molecule has 1 saturated carbocycles. The van der Waals surface area contributed by atoms with Crippen LogP contribution in [0.2, 0.25) is 0 Å². The Morgan fingerprint density at radius 2 is 1.92 bits per heavy atom. The van der Waals surface area contributed by atoms with Crippen LogP contribution >= 0.6 is 24.8 Å². The van der Waals surface area contributed by atoms with E-state index in [0.29, 0.717) is 6.54 Å². The van der Waals surface area contributed by atoms with E-state index in [1.165, 1.54) is 12.1 Å². The number of nitrogens with zero attached hydrogens (tertiary/aromatic N) is 2. The van der Waals surface area contributed by atoms with Crippen LogP contribution in [0.25, 0.3) is 0 Å². The first-order valence-corrected chi connectivity index (χ1v) is 8.13. The van der Waals surface area contributed by atoms with Crippen LogP contribution in [0.4, 0.5) is 15.8 Å². The second-order valence-electron chi connectivity index (χ2n) is 6.91. The summed E-state index contributed by atoms with van der Waals surface area (Å²) in [6, 6.07) is 4.73. The average molecular weight is 376 g/mol. The Labute approximate surface area is 154 Å². The third-order valence-electron chi connectivity index (χ3n) is 5.65. The van der Waals surface area contributed by atoms with E-state index >= 15 is 0 Å². The Hall–Kier alpha value is -1.04. The van der Waals surface area contributed by atoms with Crippen molar-refractivity contribution in [3.63, 3.8) is 0 Å². The number of piperidine rings is 1. The van der Waals surface area contributed by atoms with Crippen molar-refractivity contribution in [1.82, 2.24) is 5.32 Å². The highest BCUT2D eigenvalue weighted by Gasteiger charge is 2.58. The second-order valence-corrected chi connectivity index (χ2v) is 6.91. The molecule has 1 spiro atoms. The van der Waals surface area contributed by atoms with Crippen molar-refractivity contribution in [2.45, 2.75) is 19.3 Å². The highest BCUT2D eigenvalue weighted by Crippen LogP contribution is 2.59. The molecule has 1 atom stereocenters. The summed E-state index contributed by atoms with van der Waals surface area (Å²) in [5.41, 5.74) is 1.92. The van der Waals surface area contributed by atoms with Crippen molar-refractivity contribution in [3.8, 4) is 0 Å². The molecule has 2 aliphatic heterocycles. The van der Waals surface area contributed by atoms with Crippen LogP contribution in [0.1, 0.15) is 19.3 Å². The standard InChI is InChI=1S/C17H22FN3O.2ClH/c1-20-8-9-21(14-3-2-12(18)10-15(14)20)16(22)13-11-17(13)4-6-19-7-5-17;;/h2-3,10,13,19H,4-9,11H2,1H3;2*1H. The third kappa shape index (κ3) is 3.09. The summed E-state index contributed by atoms with van der Waals surface area (Å²) in [7, 11) is 1.95. The highest BCUT2D eigenvalue weighted by atomic mass is 35.5. The Morgan fingerprint density at radius 1 is 1.21 bits per heavy atom. The van der Waals surface area contributed by atoms with Crippen molar-refractivity contribution in [2.24, 2.45) is 11.3 Å². The minimum absolute atomic E-state index is 0. The molecule has 2 heterocycles. The summed E-state index contributed by atoms with van der Waals surface area (Å²) >= 11 is 0. The van der Waals surface area contributed by atoms with Crippen molar-refractivity contribution in [2.75, 3.05) is 43.0 Å². The summed E-state index contributed by atoms with van der Waals surface area (Å²) < 4.78 is 13.5. The molecule has 1 saturated heterocycles. The number of benzene rings is 1. The van der Waals surface area contributed by atoms with Crippen molar-refractivity contribution < 1.29 is 9.18 Å². The van der Waals surface area contributed by atoms with Gasteiger partial charge in [0, 0.05) is 26.1 Å². The molecule has 7 heteroatoms. The lowest BCUT2D eigenvalue weighted by Crippen LogP contribution is -2.44. The number of carbonyl (C=O) groups is 1. The summed E-state index contributed by atoms with van der Waals surface area (Å²) in [4.78, 5) is 16.9. The molecule has 1 N–H and O–H groups in total. The van der Waals surface area contributed by atoms with Gasteiger partial charge in [0.1, 0.15) is 5.82 Å². The molecule has 0 aromatic heterocycles. The van der Waals surface area contributed by atoms with Gasteiger partial charge in [-0.3, -0.25) is 4.79 Å². The monoisotopic (exact) mass is 375 g/mol. The largest absolute Gasteiger partial charge is 0.371 e. The van der Waals surface area contributed by atoms with Crippen LogP contribution in [0.3, 0.4) is 0 Å². The SMILES string of the molecule is CN1CCN(C(=O)C2CC23CCNCC3)c2ccc(F)cc21.Cl.Cl. The number of carbonyl (C=O) groups excluding carboxylic acids is 1. The Balaban J connectivity index is 0.00000104. The number of rotatable bonds is 1. The number of hydrogen-bond acceptors (Lipinski definition) is 3. The van der Waals surface area contributed by atoms with Gasteiger partial charge in [-0.25, -0.2) is 4.39 Å². The van der Waals surface area contributed by atoms with Crippen LogP contribution in [-0.2, 0) is 4.79 Å². The van der Waals surface area contributed by atoms with Gasteiger partial charge < -0.3 is 15.1 Å². The summed E-state index contributed by atoms with van der Waals surface area (Å²) in [5, 5.41) is 3.37. The smallest absolute Gasteiger partial charge is 0.230 e. The van der Waals surface area contributed by atoms with Crippen molar-refractivity contribution >= 4 is 42.1 Å². The van der Waals surface area contributed by atoms with Gasteiger partial charge in [-0.1, -0.05) is 0 Å². The number of fused-ring (bicyclic) bond motifs is 1. The lowest BCUT2D eigenvalue weighted by molar-refractivity contribution is -0.120. The van der Waals surface area contributed by atoms with Gasteiger partial charge in [-0.2, -0.15) is 0 Å². The predicted octanol–water partition coefficient (Wildman–Crippen LogP) is 2.84. The highest BCUT2D eigenvalue weighted by molar-refractivity contribution is 6.01. The van der Waals surface area contributed by atoms with E-state index in [4.69, 9.17) is 0 Å². The minimum Gasteiger partial charge on any atom is -0.371 e. The zero-order valence-electron chi connectivity index (χ0n) is 13.8. The minimum atomic E-state index is -0.249. The molecule has 24 heavy (non-hydrogen) atoms. The summed E-state index contributed by atoms with van der Waals surface area (Å²) in [6.45, 7) is 3.49. The molecule has 4 nitrogen and oxygen atoms in total. The normalized spacial score (nSPS) is 23.8. The molecule has 0 radical (unpaired) electrons. The van der Waals surface area contributed by atoms with Gasteiger partial charge in [0.05, 0.1) is 11.4 Å². The molecule has 1 aromatic carbocycles. The summed E-state index contributed by atoms with van der Waals surface area (Å²) in [6.07, 6.45) is 3.23. The molecule has 1 unspecified atom stereocenters. The van der Waals surface area contributed by atoms with Gasteiger partial charge in [-0.05, 0) is 56.0 Å². The van der Waals surface area contributed by atoms with Crippen LogP contribution in [0.15, 0.2) is 18.2 Å². The van der Waals surface area contributed by atoms with Gasteiger partial charge in [0.15, 0.2) is 0 Å². The number of likely N-dealkylation sites (N-methyl/N-ethyl adjacent to an activating group) is 1. The molecule has 3 aliphatic rings. The third-order valence-corrected chi connectivity index (χ3v) is 5.65. The van der Waals surface area contributed by atoms with Crippen LogP contribution in [-0.4, -0.2) is 39.1 Å². The zero-order valence-corrected chi connectivity index (χ0v) is 15.4. The molecule has 1 aliphatic carbocycles. The van der Waals surface area contributed by atoms with Crippen molar-refractivity contribution in [3.05, 3.63) is 24.0 Å². The molecular formula is C17H24Cl2FN3O. The number of amides is 1. The fourth-order valence-electron chi connectivity index (χ4n) is 4.11. The number of anilines is 2. The van der Waals surface area contributed by atoms with Crippen molar-refractivity contribution in [1.29, 1.82) is 0 Å². The lowest BCUT2D eigenvalue weighted by Gasteiger charge is -2.36. The van der Waals surface area contributed by atoms with E-state index in [9.17, 15) is 9.18 Å². The molecule has 2 fully saturated rings. The molecule has 1 amide bonds. The predicted molar refractivity (Wildman–Crippen MR) is 99.2 cm³/mol. The molecule has 0 bridgehead atoms. The first kappa shape index (κ1) is 19.3. The average Bonchev–Trinajstić information content (AvgIpc) is 3.21. The Kier molecular flexibility index (Phi) is 5.68. The maximum Gasteiger partial charge on any atom is 0.230 e. The number of hydrogen-bond donors (Lipinski definition) is 1. The number of nitrogens with one attached hydrogen (secondary N) is 1. The number of halogens is 3. The summed E-state index contributed by atoms with van der Waals surface area (Å²) in [5.74, 6) is 0.153. The Bertz CT molecular complexity index is 622. The van der Waals surface area contributed by atoms with Gasteiger partial charge in [-0.15, -0.1) is 24.8 Å². The lowest BCUT2D eigenvalue weighted by atomic mass is 9.91. The van der Waals surface area contributed by atoms with E-state index in [0.717, 1.165) is 50.3 Å². The first-order chi connectivity index (χ1) is 10.6. The second kappa shape index (κ2) is 7.06. The molecular weight excluding hydrogens is 352 g/mol. The van der Waals surface area contributed by atoms with Gasteiger partial charge >= 0.3 is 0 Å². The Morgan fingerprint density at radius 3 is 2.62 bits per heavy atom. The van der Waals surface area contributed by atoms with Crippen LogP contribution in [0.5, 0.6) is 0 Å². The first-order valence-electron chi connectivity index (χ1n) is 8.13. The van der Waals surface area contributed by atoms with Gasteiger partial charge in [0.2, 0.25) is 5.91 Å². The fraction of sp³-hybridized carbons (Fsp3) is 0.588. The topological polar surface area (TPSA) is 35.6 Å².